The fourth-order valence-electron chi connectivity index (χ4n) is 2.07. The minimum atomic E-state index is -0.404. The first-order valence-electron chi connectivity index (χ1n) is 7.31. The lowest BCUT2D eigenvalue weighted by Gasteiger charge is -2.08. The van der Waals surface area contributed by atoms with Crippen LogP contribution in [0.25, 0.3) is 0 Å². The van der Waals surface area contributed by atoms with Crippen molar-refractivity contribution in [1.29, 1.82) is 5.26 Å². The van der Waals surface area contributed by atoms with E-state index in [9.17, 15) is 4.79 Å². The van der Waals surface area contributed by atoms with Gasteiger partial charge < -0.3 is 10.6 Å². The van der Waals surface area contributed by atoms with E-state index < -0.39 is 5.91 Å². The lowest BCUT2D eigenvalue weighted by Crippen LogP contribution is -2.14. The van der Waals surface area contributed by atoms with E-state index >= 15 is 0 Å². The number of hydrogen-bond donors (Lipinski definition) is 2. The van der Waals surface area contributed by atoms with Crippen molar-refractivity contribution in [2.24, 2.45) is 0 Å². The third-order valence-electron chi connectivity index (χ3n) is 3.27. The molecule has 2 N–H and O–H groups in total. The molecule has 3 rings (SSSR count). The molecule has 3 aromatic rings. The van der Waals surface area contributed by atoms with Crippen LogP contribution in [0.4, 0.5) is 17.2 Å². The Balaban J connectivity index is 1.70. The van der Waals surface area contributed by atoms with Crippen LogP contribution in [0.5, 0.6) is 0 Å². The van der Waals surface area contributed by atoms with E-state index in [1.54, 1.807) is 48.5 Å². The second-order valence-electron chi connectivity index (χ2n) is 5.04. The van der Waals surface area contributed by atoms with E-state index in [1.807, 2.05) is 0 Å². The van der Waals surface area contributed by atoms with Crippen LogP contribution < -0.4 is 10.6 Å². The van der Waals surface area contributed by atoms with Gasteiger partial charge in [0.15, 0.2) is 0 Å². The molecule has 2 aromatic carbocycles. The average Bonchev–Trinajstić information content (AvgIpc) is 2.64. The minimum Gasteiger partial charge on any atom is -0.339 e. The van der Waals surface area contributed by atoms with Crippen LogP contribution in [-0.2, 0) is 0 Å². The number of benzene rings is 2. The molecule has 0 aliphatic carbocycles. The molecule has 1 amide bonds. The molecule has 7 heteroatoms. The van der Waals surface area contributed by atoms with Gasteiger partial charge in [-0.3, -0.25) is 4.79 Å². The summed E-state index contributed by atoms with van der Waals surface area (Å²) in [6, 6.07) is 16.0. The summed E-state index contributed by atoms with van der Waals surface area (Å²) in [4.78, 5) is 20.5. The van der Waals surface area contributed by atoms with Gasteiger partial charge in [0.25, 0.3) is 5.91 Å². The zero-order valence-corrected chi connectivity index (χ0v) is 13.7. The summed E-state index contributed by atoms with van der Waals surface area (Å²) >= 11 is 6.01. The standard InChI is InChI=1S/C18H12ClN5O/c19-14-6-1-2-7-15(14)24-18(25)16-10-22-17(11-21-16)23-13-5-3-4-12(8-13)9-20/h1-8,10-11H,(H,22,23)(H,24,25). The van der Waals surface area contributed by atoms with Crippen molar-refractivity contribution in [2.75, 3.05) is 10.6 Å². The SMILES string of the molecule is N#Cc1cccc(Nc2cnc(C(=O)Nc3ccccc3Cl)cn2)c1. The maximum absolute atomic E-state index is 12.2. The zero-order chi connectivity index (χ0) is 17.6. The van der Waals surface area contributed by atoms with Crippen molar-refractivity contribution in [2.45, 2.75) is 0 Å². The van der Waals surface area contributed by atoms with Gasteiger partial charge in [-0.05, 0) is 30.3 Å². The molecule has 0 aliphatic heterocycles. The highest BCUT2D eigenvalue weighted by Crippen LogP contribution is 2.21. The van der Waals surface area contributed by atoms with Crippen molar-refractivity contribution in [3.8, 4) is 6.07 Å². The third kappa shape index (κ3) is 4.10. The number of nitriles is 1. The number of amides is 1. The van der Waals surface area contributed by atoms with Gasteiger partial charge in [0.2, 0.25) is 0 Å². The van der Waals surface area contributed by atoms with Gasteiger partial charge in [-0.25, -0.2) is 9.97 Å². The van der Waals surface area contributed by atoms with Crippen molar-refractivity contribution in [3.05, 3.63) is 77.2 Å². The molecule has 0 radical (unpaired) electrons. The molecule has 122 valence electrons. The molecule has 6 nitrogen and oxygen atoms in total. The molecule has 1 aromatic heterocycles. The van der Waals surface area contributed by atoms with E-state index in [0.29, 0.717) is 27.8 Å². The summed E-state index contributed by atoms with van der Waals surface area (Å²) in [6.45, 7) is 0. The molecule has 0 aliphatic rings. The third-order valence-corrected chi connectivity index (χ3v) is 3.60. The topological polar surface area (TPSA) is 90.7 Å². The van der Waals surface area contributed by atoms with Crippen LogP contribution in [0.3, 0.4) is 0 Å². The molecule has 1 heterocycles. The number of rotatable bonds is 4. The first-order valence-corrected chi connectivity index (χ1v) is 7.68. The number of nitrogens with zero attached hydrogens (tertiary/aromatic N) is 3. The van der Waals surface area contributed by atoms with Crippen LogP contribution in [-0.4, -0.2) is 15.9 Å². The number of para-hydroxylation sites is 1. The van der Waals surface area contributed by atoms with Gasteiger partial charge in [0.05, 0.1) is 34.7 Å². The van der Waals surface area contributed by atoms with Crippen molar-refractivity contribution in [3.63, 3.8) is 0 Å². The van der Waals surface area contributed by atoms with Crippen molar-refractivity contribution >= 4 is 34.7 Å². The van der Waals surface area contributed by atoms with Crippen molar-refractivity contribution in [1.82, 2.24) is 9.97 Å². The number of aromatic nitrogens is 2. The van der Waals surface area contributed by atoms with Crippen LogP contribution in [0.1, 0.15) is 16.1 Å². The molecule has 25 heavy (non-hydrogen) atoms. The van der Waals surface area contributed by atoms with Gasteiger partial charge in [0.1, 0.15) is 11.5 Å². The first-order chi connectivity index (χ1) is 12.2. The number of halogens is 1. The van der Waals surface area contributed by atoms with E-state index in [1.165, 1.54) is 12.4 Å². The van der Waals surface area contributed by atoms with E-state index in [4.69, 9.17) is 16.9 Å². The fraction of sp³-hybridized carbons (Fsp3) is 0. The quantitative estimate of drug-likeness (QED) is 0.743. The van der Waals surface area contributed by atoms with Gasteiger partial charge in [-0.2, -0.15) is 5.26 Å². The second kappa shape index (κ2) is 7.43. The van der Waals surface area contributed by atoms with E-state index in [2.05, 4.69) is 26.7 Å². The molecule has 0 fully saturated rings. The molecule has 0 unspecified atom stereocenters. The number of anilines is 3. The summed E-state index contributed by atoms with van der Waals surface area (Å²) in [5, 5.41) is 15.1. The number of nitrogens with one attached hydrogen (secondary N) is 2. The van der Waals surface area contributed by atoms with Crippen LogP contribution in [0.2, 0.25) is 5.02 Å². The summed E-state index contributed by atoms with van der Waals surface area (Å²) < 4.78 is 0. The van der Waals surface area contributed by atoms with Crippen molar-refractivity contribution < 1.29 is 4.79 Å². The largest absolute Gasteiger partial charge is 0.339 e. The Bertz CT molecular complexity index is 950. The highest BCUT2D eigenvalue weighted by Gasteiger charge is 2.10. The second-order valence-corrected chi connectivity index (χ2v) is 5.45. The predicted molar refractivity (Wildman–Crippen MR) is 95.9 cm³/mol. The Morgan fingerprint density at radius 2 is 1.92 bits per heavy atom. The molecule has 0 spiro atoms. The number of hydrogen-bond acceptors (Lipinski definition) is 5. The Morgan fingerprint density at radius 1 is 1.08 bits per heavy atom. The Hall–Kier alpha value is -3.43. The Kier molecular flexibility index (Phi) is 4.88. The van der Waals surface area contributed by atoms with Gasteiger partial charge in [0, 0.05) is 5.69 Å². The smallest absolute Gasteiger partial charge is 0.275 e. The Labute approximate surface area is 149 Å². The molecule has 0 atom stereocenters. The summed E-state index contributed by atoms with van der Waals surface area (Å²) in [5.41, 5.74) is 1.91. The van der Waals surface area contributed by atoms with E-state index in [-0.39, 0.29) is 5.69 Å². The van der Waals surface area contributed by atoms with Crippen LogP contribution in [0.15, 0.2) is 60.9 Å². The van der Waals surface area contributed by atoms with Gasteiger partial charge in [-0.15, -0.1) is 0 Å². The Morgan fingerprint density at radius 3 is 2.64 bits per heavy atom. The highest BCUT2D eigenvalue weighted by molar-refractivity contribution is 6.33. The lowest BCUT2D eigenvalue weighted by atomic mass is 10.2. The molecule has 0 bridgehead atoms. The zero-order valence-electron chi connectivity index (χ0n) is 12.9. The van der Waals surface area contributed by atoms with E-state index in [0.717, 1.165) is 0 Å². The molecular weight excluding hydrogens is 338 g/mol. The maximum atomic E-state index is 12.2. The normalized spacial score (nSPS) is 9.92. The predicted octanol–water partition coefficient (Wildman–Crippen LogP) is 4.00. The highest BCUT2D eigenvalue weighted by atomic mass is 35.5. The lowest BCUT2D eigenvalue weighted by molar-refractivity contribution is 0.102. The average molecular weight is 350 g/mol. The molecule has 0 saturated carbocycles. The summed E-state index contributed by atoms with van der Waals surface area (Å²) in [5.74, 6) is 0.0583. The summed E-state index contributed by atoms with van der Waals surface area (Å²) in [6.07, 6.45) is 2.81. The first kappa shape index (κ1) is 16.4. The van der Waals surface area contributed by atoms with Gasteiger partial charge >= 0.3 is 0 Å². The monoisotopic (exact) mass is 349 g/mol. The van der Waals surface area contributed by atoms with Crippen LogP contribution >= 0.6 is 11.6 Å². The molecular formula is C18H12ClN5O. The molecule has 0 saturated heterocycles. The fourth-order valence-corrected chi connectivity index (χ4v) is 2.26. The van der Waals surface area contributed by atoms with Crippen LogP contribution in [0, 0.1) is 11.3 Å². The minimum absolute atomic E-state index is 0.163. The van der Waals surface area contributed by atoms with Gasteiger partial charge in [-0.1, -0.05) is 29.8 Å². The summed E-state index contributed by atoms with van der Waals surface area (Å²) in [7, 11) is 0. The maximum Gasteiger partial charge on any atom is 0.275 e. The number of carbonyl (C=O) groups excluding carboxylic acids is 1. The number of carbonyl (C=O) groups is 1.